The summed E-state index contributed by atoms with van der Waals surface area (Å²) in [5, 5.41) is 2.99. The van der Waals surface area contributed by atoms with Crippen molar-refractivity contribution in [2.45, 2.75) is 19.4 Å². The number of nitrogens with one attached hydrogen (secondary N) is 1. The van der Waals surface area contributed by atoms with E-state index in [0.29, 0.717) is 24.4 Å². The van der Waals surface area contributed by atoms with Gasteiger partial charge in [0.2, 0.25) is 0 Å². The van der Waals surface area contributed by atoms with Crippen LogP contribution in [0.25, 0.3) is 11.0 Å². The normalized spacial score (nSPS) is 10.8. The van der Waals surface area contributed by atoms with Gasteiger partial charge in [-0.3, -0.25) is 4.79 Å². The van der Waals surface area contributed by atoms with Crippen LogP contribution < -0.4 is 14.8 Å². The van der Waals surface area contributed by atoms with Crippen LogP contribution in [-0.2, 0) is 13.0 Å². The number of benzene rings is 3. The fourth-order valence-corrected chi connectivity index (χ4v) is 3.87. The number of nitrogens with zero attached hydrogens (tertiary/aromatic N) is 2. The van der Waals surface area contributed by atoms with E-state index in [4.69, 9.17) is 14.5 Å². The van der Waals surface area contributed by atoms with Crippen molar-refractivity contribution < 1.29 is 14.3 Å². The van der Waals surface area contributed by atoms with Gasteiger partial charge in [0.25, 0.3) is 5.91 Å². The second kappa shape index (κ2) is 10.0. The minimum atomic E-state index is -0.134. The van der Waals surface area contributed by atoms with Crippen molar-refractivity contribution in [1.29, 1.82) is 0 Å². The monoisotopic (exact) mass is 429 g/mol. The van der Waals surface area contributed by atoms with Crippen LogP contribution >= 0.6 is 0 Å². The minimum Gasteiger partial charge on any atom is -0.496 e. The Morgan fingerprint density at radius 2 is 1.59 bits per heavy atom. The Bertz CT molecular complexity index is 1220. The van der Waals surface area contributed by atoms with Crippen LogP contribution in [0.3, 0.4) is 0 Å². The smallest absolute Gasteiger partial charge is 0.255 e. The summed E-state index contributed by atoms with van der Waals surface area (Å²) in [7, 11) is 3.26. The Balaban J connectivity index is 1.47. The molecule has 6 heteroatoms. The highest BCUT2D eigenvalue weighted by Gasteiger charge is 2.14. The molecule has 0 radical (unpaired) electrons. The average molecular weight is 430 g/mol. The zero-order valence-electron chi connectivity index (χ0n) is 18.4. The predicted octanol–water partition coefficient (Wildman–Crippen LogP) is 4.46. The van der Waals surface area contributed by atoms with E-state index in [0.717, 1.165) is 41.0 Å². The molecule has 0 aliphatic carbocycles. The molecule has 0 saturated carbocycles. The lowest BCUT2D eigenvalue weighted by Crippen LogP contribution is -2.25. The predicted molar refractivity (Wildman–Crippen MR) is 125 cm³/mol. The Hall–Kier alpha value is -3.80. The van der Waals surface area contributed by atoms with Crippen molar-refractivity contribution in [2.75, 3.05) is 20.8 Å². The number of carbonyl (C=O) groups is 1. The maximum absolute atomic E-state index is 12.5. The van der Waals surface area contributed by atoms with Crippen molar-refractivity contribution >= 4 is 16.9 Å². The number of aryl methyl sites for hydroxylation is 1. The lowest BCUT2D eigenvalue weighted by molar-refractivity contribution is 0.0950. The number of hydrogen-bond acceptors (Lipinski definition) is 4. The Labute approximate surface area is 187 Å². The van der Waals surface area contributed by atoms with Gasteiger partial charge in [0, 0.05) is 18.5 Å². The third-order valence-corrected chi connectivity index (χ3v) is 5.47. The number of carbonyl (C=O) groups excluding carboxylic acids is 1. The van der Waals surface area contributed by atoms with E-state index in [1.165, 1.54) is 0 Å². The van der Waals surface area contributed by atoms with Crippen LogP contribution in [-0.4, -0.2) is 36.2 Å². The van der Waals surface area contributed by atoms with Crippen LogP contribution in [0.2, 0.25) is 0 Å². The van der Waals surface area contributed by atoms with Crippen molar-refractivity contribution in [3.8, 4) is 11.5 Å². The van der Waals surface area contributed by atoms with Gasteiger partial charge in [-0.15, -0.1) is 0 Å². The van der Waals surface area contributed by atoms with Gasteiger partial charge < -0.3 is 19.4 Å². The maximum Gasteiger partial charge on any atom is 0.255 e. The van der Waals surface area contributed by atoms with Crippen LogP contribution in [0.5, 0.6) is 11.5 Å². The lowest BCUT2D eigenvalue weighted by atomic mass is 10.1. The van der Waals surface area contributed by atoms with Crippen molar-refractivity contribution in [1.82, 2.24) is 14.9 Å². The fraction of sp³-hybridized carbons (Fsp3) is 0.231. The van der Waals surface area contributed by atoms with Gasteiger partial charge in [-0.25, -0.2) is 4.98 Å². The topological polar surface area (TPSA) is 65.4 Å². The van der Waals surface area contributed by atoms with E-state index in [9.17, 15) is 4.79 Å². The highest BCUT2D eigenvalue weighted by Crippen LogP contribution is 2.23. The number of fused-ring (bicyclic) bond motifs is 1. The molecule has 0 spiro atoms. The number of ether oxygens (including phenoxy) is 2. The SMILES string of the molecule is COc1ccccc1Cn1c(CCCNC(=O)c2ccccc2OC)nc2ccccc21. The molecular formula is C26H27N3O3. The van der Waals surface area contributed by atoms with Gasteiger partial charge in [0.05, 0.1) is 37.4 Å². The van der Waals surface area contributed by atoms with E-state index < -0.39 is 0 Å². The number of rotatable bonds is 9. The molecule has 0 fully saturated rings. The molecule has 0 bridgehead atoms. The molecule has 164 valence electrons. The lowest BCUT2D eigenvalue weighted by Gasteiger charge is -2.13. The average Bonchev–Trinajstić information content (AvgIpc) is 3.19. The summed E-state index contributed by atoms with van der Waals surface area (Å²) in [4.78, 5) is 17.4. The third kappa shape index (κ3) is 4.59. The summed E-state index contributed by atoms with van der Waals surface area (Å²) in [6.45, 7) is 1.22. The Morgan fingerprint density at radius 3 is 2.41 bits per heavy atom. The molecule has 6 nitrogen and oxygen atoms in total. The standard InChI is InChI=1S/C26H27N3O3/c1-31-23-14-7-3-10-19(23)18-29-22-13-6-5-12-21(22)28-25(29)16-9-17-27-26(30)20-11-4-8-15-24(20)32-2/h3-8,10-15H,9,16-18H2,1-2H3,(H,27,30). The second-order valence-electron chi connectivity index (χ2n) is 7.47. The van der Waals surface area contributed by atoms with E-state index in [-0.39, 0.29) is 5.91 Å². The molecule has 0 aliphatic rings. The van der Waals surface area contributed by atoms with Crippen LogP contribution in [0.1, 0.15) is 28.2 Å². The molecule has 4 aromatic rings. The first-order valence-electron chi connectivity index (χ1n) is 10.7. The van der Waals surface area contributed by atoms with Gasteiger partial charge in [0.15, 0.2) is 0 Å². The van der Waals surface area contributed by atoms with Crippen LogP contribution in [0, 0.1) is 0 Å². The van der Waals surface area contributed by atoms with E-state index in [1.54, 1.807) is 26.4 Å². The second-order valence-corrected chi connectivity index (χ2v) is 7.47. The first kappa shape index (κ1) is 21.4. The maximum atomic E-state index is 12.5. The number of imidazole rings is 1. The highest BCUT2D eigenvalue weighted by molar-refractivity contribution is 5.96. The number of amides is 1. The van der Waals surface area contributed by atoms with Gasteiger partial charge in [-0.1, -0.05) is 42.5 Å². The van der Waals surface area contributed by atoms with Gasteiger partial charge in [-0.2, -0.15) is 0 Å². The molecule has 1 aromatic heterocycles. The number of aromatic nitrogens is 2. The molecule has 32 heavy (non-hydrogen) atoms. The number of para-hydroxylation sites is 4. The molecule has 0 unspecified atom stereocenters. The zero-order valence-corrected chi connectivity index (χ0v) is 18.4. The van der Waals surface area contributed by atoms with E-state index in [1.807, 2.05) is 48.5 Å². The van der Waals surface area contributed by atoms with E-state index >= 15 is 0 Å². The first-order chi connectivity index (χ1) is 15.7. The minimum absolute atomic E-state index is 0.134. The summed E-state index contributed by atoms with van der Waals surface area (Å²) in [6.07, 6.45) is 1.52. The van der Waals surface area contributed by atoms with E-state index in [2.05, 4.69) is 22.0 Å². The Kier molecular flexibility index (Phi) is 6.70. The Morgan fingerprint density at radius 1 is 0.906 bits per heavy atom. The van der Waals surface area contributed by atoms with Crippen LogP contribution in [0.4, 0.5) is 0 Å². The molecule has 1 amide bonds. The fourth-order valence-electron chi connectivity index (χ4n) is 3.87. The molecule has 0 saturated heterocycles. The van der Waals surface area contributed by atoms with Crippen molar-refractivity contribution in [3.05, 3.63) is 89.7 Å². The summed E-state index contributed by atoms with van der Waals surface area (Å²) >= 11 is 0. The van der Waals surface area contributed by atoms with Gasteiger partial charge in [-0.05, 0) is 36.8 Å². The molecule has 0 atom stereocenters. The molecule has 4 rings (SSSR count). The first-order valence-corrected chi connectivity index (χ1v) is 10.7. The van der Waals surface area contributed by atoms with Gasteiger partial charge >= 0.3 is 0 Å². The molecular weight excluding hydrogens is 402 g/mol. The summed E-state index contributed by atoms with van der Waals surface area (Å²) in [6, 6.07) is 23.4. The third-order valence-electron chi connectivity index (χ3n) is 5.47. The summed E-state index contributed by atoms with van der Waals surface area (Å²) in [5.74, 6) is 2.29. The van der Waals surface area contributed by atoms with Crippen molar-refractivity contribution in [3.63, 3.8) is 0 Å². The van der Waals surface area contributed by atoms with Crippen LogP contribution in [0.15, 0.2) is 72.8 Å². The number of hydrogen-bond donors (Lipinski definition) is 1. The molecule has 1 N–H and O–H groups in total. The zero-order chi connectivity index (χ0) is 22.3. The molecule has 1 heterocycles. The summed E-state index contributed by atoms with van der Waals surface area (Å²) in [5.41, 5.74) is 3.70. The molecule has 0 aliphatic heterocycles. The highest BCUT2D eigenvalue weighted by atomic mass is 16.5. The number of methoxy groups -OCH3 is 2. The summed E-state index contributed by atoms with van der Waals surface area (Å²) < 4.78 is 13.1. The van der Waals surface area contributed by atoms with Crippen molar-refractivity contribution in [2.24, 2.45) is 0 Å². The van der Waals surface area contributed by atoms with Gasteiger partial charge in [0.1, 0.15) is 17.3 Å². The molecule has 3 aromatic carbocycles. The quantitative estimate of drug-likeness (QED) is 0.399. The largest absolute Gasteiger partial charge is 0.496 e.